The van der Waals surface area contributed by atoms with Crippen LogP contribution in [0.1, 0.15) is 36.8 Å². The average Bonchev–Trinajstić information content (AvgIpc) is 2.64. The molecular formula is C20H32N3O2S+. The zero-order valence-electron chi connectivity index (χ0n) is 16.1. The summed E-state index contributed by atoms with van der Waals surface area (Å²) in [4.78, 5) is 15.0. The molecule has 1 aliphatic heterocycles. The van der Waals surface area contributed by atoms with Gasteiger partial charge in [0.1, 0.15) is 6.54 Å². The molecule has 1 saturated heterocycles. The zero-order valence-corrected chi connectivity index (χ0v) is 16.9. The number of thiocarbonyl (C=S) groups is 1. The lowest BCUT2D eigenvalue weighted by atomic mass is 10.1. The molecule has 1 heterocycles. The molecule has 0 atom stereocenters. The lowest BCUT2D eigenvalue weighted by molar-refractivity contribution is -0.917. The molecule has 2 N–H and O–H groups in total. The number of benzene rings is 1. The molecule has 144 valence electrons. The van der Waals surface area contributed by atoms with Gasteiger partial charge in [0.2, 0.25) is 0 Å². The summed E-state index contributed by atoms with van der Waals surface area (Å²) >= 11 is 5.53. The predicted molar refractivity (Wildman–Crippen MR) is 108 cm³/mol. The van der Waals surface area contributed by atoms with Gasteiger partial charge in [-0.05, 0) is 32.0 Å². The lowest BCUT2D eigenvalue weighted by Gasteiger charge is -2.34. The summed E-state index contributed by atoms with van der Waals surface area (Å²) in [6.07, 6.45) is 3.42. The number of nitrogens with one attached hydrogen (secondary N) is 2. The van der Waals surface area contributed by atoms with Gasteiger partial charge < -0.3 is 19.9 Å². The maximum atomic E-state index is 11.1. The van der Waals surface area contributed by atoms with Gasteiger partial charge in [0.05, 0.1) is 33.3 Å². The Morgan fingerprint density at radius 1 is 1.27 bits per heavy atom. The molecule has 0 aromatic heterocycles. The van der Waals surface area contributed by atoms with E-state index in [2.05, 4.69) is 46.1 Å². The summed E-state index contributed by atoms with van der Waals surface area (Å²) in [5.74, 6) is -0.125. The van der Waals surface area contributed by atoms with E-state index >= 15 is 0 Å². The van der Waals surface area contributed by atoms with Crippen LogP contribution in [0.4, 0.5) is 0 Å². The first-order chi connectivity index (χ1) is 12.6. The highest BCUT2D eigenvalue weighted by Crippen LogP contribution is 2.03. The Bertz CT molecular complexity index is 586. The summed E-state index contributed by atoms with van der Waals surface area (Å²) in [7, 11) is 1.44. The van der Waals surface area contributed by atoms with Crippen molar-refractivity contribution in [3.8, 4) is 0 Å². The molecule has 0 saturated carbocycles. The number of piperazine rings is 1. The predicted octanol–water partition coefficient (Wildman–Crippen LogP) is 1.30. The fourth-order valence-corrected chi connectivity index (χ4v) is 3.58. The van der Waals surface area contributed by atoms with Gasteiger partial charge in [-0.15, -0.1) is 0 Å². The monoisotopic (exact) mass is 378 g/mol. The van der Waals surface area contributed by atoms with Crippen LogP contribution in [0.15, 0.2) is 24.3 Å². The topological polar surface area (TPSA) is 46.0 Å². The molecule has 1 aromatic carbocycles. The maximum Gasteiger partial charge on any atom is 0.305 e. The summed E-state index contributed by atoms with van der Waals surface area (Å²) in [6, 6.07) is 8.80. The number of ether oxygens (including phenoxy) is 1. The van der Waals surface area contributed by atoms with E-state index in [-0.39, 0.29) is 5.97 Å². The molecule has 6 heteroatoms. The fraction of sp³-hybridized carbons (Fsp3) is 0.600. The van der Waals surface area contributed by atoms with Gasteiger partial charge in [0.25, 0.3) is 0 Å². The second-order valence-electron chi connectivity index (χ2n) is 7.02. The SMILES string of the molecule is COC(=O)CCCCCNC(=S)N1CC[NH+](Cc2cccc(C)c2)CC1. The maximum absolute atomic E-state index is 11.1. The Labute approximate surface area is 162 Å². The molecule has 0 spiro atoms. The van der Waals surface area contributed by atoms with Crippen LogP contribution in [0.2, 0.25) is 0 Å². The summed E-state index contributed by atoms with van der Waals surface area (Å²) in [6.45, 7) is 8.37. The number of aryl methyl sites for hydroxylation is 1. The van der Waals surface area contributed by atoms with E-state index in [1.807, 2.05) is 0 Å². The smallest absolute Gasteiger partial charge is 0.305 e. The van der Waals surface area contributed by atoms with E-state index in [4.69, 9.17) is 12.2 Å². The van der Waals surface area contributed by atoms with Crippen LogP contribution in [0.3, 0.4) is 0 Å². The van der Waals surface area contributed by atoms with E-state index in [0.29, 0.717) is 6.42 Å². The molecule has 1 aromatic rings. The van der Waals surface area contributed by atoms with Gasteiger partial charge in [-0.3, -0.25) is 4.79 Å². The van der Waals surface area contributed by atoms with Gasteiger partial charge in [-0.2, -0.15) is 0 Å². The minimum Gasteiger partial charge on any atom is -0.469 e. The molecule has 0 radical (unpaired) electrons. The van der Waals surface area contributed by atoms with Crippen molar-refractivity contribution in [1.82, 2.24) is 10.2 Å². The van der Waals surface area contributed by atoms with Gasteiger partial charge in [0.15, 0.2) is 5.11 Å². The van der Waals surface area contributed by atoms with Crippen LogP contribution in [-0.4, -0.2) is 55.8 Å². The third kappa shape index (κ3) is 7.30. The van der Waals surface area contributed by atoms with Crippen LogP contribution in [-0.2, 0) is 16.1 Å². The van der Waals surface area contributed by atoms with Crippen molar-refractivity contribution >= 4 is 23.3 Å². The van der Waals surface area contributed by atoms with Crippen molar-refractivity contribution < 1.29 is 14.4 Å². The van der Waals surface area contributed by atoms with E-state index < -0.39 is 0 Å². The van der Waals surface area contributed by atoms with Gasteiger partial charge in [-0.25, -0.2) is 0 Å². The normalized spacial score (nSPS) is 14.9. The number of carbonyl (C=O) groups excluding carboxylic acids is 1. The van der Waals surface area contributed by atoms with Gasteiger partial charge in [0, 0.05) is 18.5 Å². The number of quaternary nitrogens is 1. The number of rotatable bonds is 8. The minimum atomic E-state index is -0.125. The molecule has 26 heavy (non-hydrogen) atoms. The van der Waals surface area contributed by atoms with Crippen LogP contribution < -0.4 is 10.2 Å². The number of unbranched alkanes of at least 4 members (excludes halogenated alkanes) is 2. The molecule has 0 bridgehead atoms. The Morgan fingerprint density at radius 2 is 2.04 bits per heavy atom. The van der Waals surface area contributed by atoms with Crippen molar-refractivity contribution in [2.45, 2.75) is 39.2 Å². The van der Waals surface area contributed by atoms with Gasteiger partial charge >= 0.3 is 5.97 Å². The van der Waals surface area contributed by atoms with Gasteiger partial charge in [-0.1, -0.05) is 36.2 Å². The number of carbonyl (C=O) groups is 1. The zero-order chi connectivity index (χ0) is 18.8. The molecule has 2 rings (SSSR count). The van der Waals surface area contributed by atoms with Crippen molar-refractivity contribution in [3.63, 3.8) is 0 Å². The third-order valence-electron chi connectivity index (χ3n) is 4.86. The number of methoxy groups -OCH3 is 1. The Hall–Kier alpha value is -1.66. The second-order valence-corrected chi connectivity index (χ2v) is 7.41. The van der Waals surface area contributed by atoms with Crippen LogP contribution in [0.5, 0.6) is 0 Å². The first-order valence-corrected chi connectivity index (χ1v) is 9.98. The standard InChI is InChI=1S/C20H31N3O2S/c1-17-7-6-8-18(15-17)16-22-11-13-23(14-12-22)20(26)21-10-5-3-4-9-19(24)25-2/h6-8,15H,3-5,9-14,16H2,1-2H3,(H,21,26)/p+1. The molecule has 0 amide bonds. The van der Waals surface area contributed by atoms with Crippen molar-refractivity contribution in [1.29, 1.82) is 0 Å². The van der Waals surface area contributed by atoms with E-state index in [1.54, 1.807) is 4.90 Å². The number of nitrogens with zero attached hydrogens (tertiary/aromatic N) is 1. The fourth-order valence-electron chi connectivity index (χ4n) is 3.29. The highest BCUT2D eigenvalue weighted by atomic mass is 32.1. The molecular weight excluding hydrogens is 346 g/mol. The number of hydrogen-bond acceptors (Lipinski definition) is 3. The largest absolute Gasteiger partial charge is 0.469 e. The first-order valence-electron chi connectivity index (χ1n) is 9.57. The first kappa shape index (κ1) is 20.6. The Morgan fingerprint density at radius 3 is 2.73 bits per heavy atom. The molecule has 1 aliphatic rings. The summed E-state index contributed by atoms with van der Waals surface area (Å²) < 4.78 is 4.64. The minimum absolute atomic E-state index is 0.125. The van der Waals surface area contributed by atoms with Crippen LogP contribution >= 0.6 is 12.2 Å². The molecule has 1 fully saturated rings. The van der Waals surface area contributed by atoms with Crippen molar-refractivity contribution in [2.75, 3.05) is 39.8 Å². The summed E-state index contributed by atoms with van der Waals surface area (Å²) in [5, 5.41) is 4.23. The quantitative estimate of drug-likeness (QED) is 0.406. The van der Waals surface area contributed by atoms with E-state index in [0.717, 1.165) is 63.6 Å². The number of esters is 1. The average molecular weight is 379 g/mol. The molecule has 0 aliphatic carbocycles. The van der Waals surface area contributed by atoms with Crippen molar-refractivity contribution in [2.24, 2.45) is 0 Å². The summed E-state index contributed by atoms with van der Waals surface area (Å²) in [5.41, 5.74) is 2.75. The Kier molecular flexibility index (Phi) is 8.85. The Balaban J connectivity index is 1.58. The molecule has 0 unspecified atom stereocenters. The number of hydrogen-bond donors (Lipinski definition) is 2. The van der Waals surface area contributed by atoms with Crippen LogP contribution in [0.25, 0.3) is 0 Å². The second kappa shape index (κ2) is 11.1. The van der Waals surface area contributed by atoms with E-state index in [1.165, 1.54) is 18.2 Å². The third-order valence-corrected chi connectivity index (χ3v) is 5.26. The van der Waals surface area contributed by atoms with Crippen molar-refractivity contribution in [3.05, 3.63) is 35.4 Å². The van der Waals surface area contributed by atoms with Crippen LogP contribution in [0, 0.1) is 6.92 Å². The molecule has 5 nitrogen and oxygen atoms in total. The highest BCUT2D eigenvalue weighted by Gasteiger charge is 2.21. The highest BCUT2D eigenvalue weighted by molar-refractivity contribution is 7.80. The van der Waals surface area contributed by atoms with E-state index in [9.17, 15) is 4.79 Å². The lowest BCUT2D eigenvalue weighted by Crippen LogP contribution is -3.13.